The Balaban J connectivity index is 1.86. The van der Waals surface area contributed by atoms with Crippen LogP contribution < -0.4 is 5.32 Å². The average molecular weight is 417 g/mol. The number of nitrogens with zero attached hydrogens (tertiary/aromatic N) is 1. The minimum Gasteiger partial charge on any atom is -0.354 e. The van der Waals surface area contributed by atoms with Crippen LogP contribution in [0.15, 0.2) is 54.6 Å². The van der Waals surface area contributed by atoms with Crippen LogP contribution in [-0.2, 0) is 4.79 Å². The average Bonchev–Trinajstić information content (AvgIpc) is 3.16. The maximum Gasteiger partial charge on any atom is 0.255 e. The predicted molar refractivity (Wildman–Crippen MR) is 116 cm³/mol. The van der Waals surface area contributed by atoms with Crippen molar-refractivity contribution in [3.63, 3.8) is 0 Å². The lowest BCUT2D eigenvalue weighted by Gasteiger charge is -2.29. The fraction of sp³-hybridized carbons (Fsp3) is 0.364. The van der Waals surface area contributed by atoms with Gasteiger partial charge in [-0.1, -0.05) is 67.8 Å². The largest absolute Gasteiger partial charge is 0.354 e. The number of rotatable bonds is 7. The second kappa shape index (κ2) is 9.99. The molecule has 0 spiro atoms. The smallest absolute Gasteiger partial charge is 0.255 e. The molecule has 2 aromatic rings. The van der Waals surface area contributed by atoms with Gasteiger partial charge >= 0.3 is 0 Å². The van der Waals surface area contributed by atoms with Crippen LogP contribution in [0.4, 0.5) is 0 Å². The van der Waals surface area contributed by atoms with E-state index in [0.717, 1.165) is 24.8 Å². The highest BCUT2D eigenvalue weighted by Crippen LogP contribution is 2.44. The van der Waals surface area contributed by atoms with Gasteiger partial charge in [-0.15, -0.1) is 11.8 Å². The minimum atomic E-state index is -0.513. The Morgan fingerprint density at radius 3 is 2.54 bits per heavy atom. The highest BCUT2D eigenvalue weighted by molar-refractivity contribution is 7.99. The van der Waals surface area contributed by atoms with Gasteiger partial charge in [-0.05, 0) is 24.6 Å². The van der Waals surface area contributed by atoms with Gasteiger partial charge in [-0.25, -0.2) is 0 Å². The second-order valence-corrected chi connectivity index (χ2v) is 8.32. The van der Waals surface area contributed by atoms with Crippen molar-refractivity contribution in [1.29, 1.82) is 0 Å². The first-order valence-corrected chi connectivity index (χ1v) is 11.1. The van der Waals surface area contributed by atoms with Gasteiger partial charge in [0.05, 0.1) is 0 Å². The van der Waals surface area contributed by atoms with Crippen molar-refractivity contribution in [2.24, 2.45) is 0 Å². The number of amides is 2. The van der Waals surface area contributed by atoms with Crippen molar-refractivity contribution < 1.29 is 9.59 Å². The van der Waals surface area contributed by atoms with Gasteiger partial charge in [0.25, 0.3) is 5.91 Å². The van der Waals surface area contributed by atoms with E-state index in [-0.39, 0.29) is 17.2 Å². The topological polar surface area (TPSA) is 49.4 Å². The molecule has 148 valence electrons. The minimum absolute atomic E-state index is 0.0950. The van der Waals surface area contributed by atoms with Gasteiger partial charge in [-0.3, -0.25) is 9.59 Å². The van der Waals surface area contributed by atoms with Gasteiger partial charge < -0.3 is 10.2 Å². The van der Waals surface area contributed by atoms with Crippen molar-refractivity contribution in [2.45, 2.75) is 37.6 Å². The van der Waals surface area contributed by atoms with Crippen molar-refractivity contribution in [1.82, 2.24) is 10.2 Å². The summed E-state index contributed by atoms with van der Waals surface area (Å²) in [6, 6.07) is 16.1. The summed E-state index contributed by atoms with van der Waals surface area (Å²) in [6.45, 7) is 2.77. The Hall–Kier alpha value is -1.98. The predicted octanol–water partition coefficient (Wildman–Crippen LogP) is 4.90. The summed E-state index contributed by atoms with van der Waals surface area (Å²) in [5.74, 6) is 0.306. The van der Waals surface area contributed by atoms with Crippen molar-refractivity contribution in [3.8, 4) is 0 Å². The van der Waals surface area contributed by atoms with Crippen LogP contribution in [0.3, 0.4) is 0 Å². The van der Waals surface area contributed by atoms with Crippen molar-refractivity contribution in [3.05, 3.63) is 70.7 Å². The summed E-state index contributed by atoms with van der Waals surface area (Å²) in [6.07, 6.45) is 3.12. The van der Waals surface area contributed by atoms with E-state index in [2.05, 4.69) is 12.2 Å². The van der Waals surface area contributed by atoms with E-state index in [0.29, 0.717) is 22.9 Å². The lowest BCUT2D eigenvalue weighted by atomic mass is 10.1. The quantitative estimate of drug-likeness (QED) is 0.653. The molecule has 0 aromatic heterocycles. The Morgan fingerprint density at radius 2 is 1.82 bits per heavy atom. The first-order chi connectivity index (χ1) is 13.6. The zero-order valence-corrected chi connectivity index (χ0v) is 17.5. The van der Waals surface area contributed by atoms with Crippen LogP contribution in [0.2, 0.25) is 5.02 Å². The van der Waals surface area contributed by atoms with Crippen LogP contribution >= 0.6 is 23.4 Å². The number of hydrogen-bond acceptors (Lipinski definition) is 3. The Labute approximate surface area is 175 Å². The number of nitrogens with one attached hydrogen (secondary N) is 1. The number of benzene rings is 2. The molecular formula is C22H25ClN2O2S. The van der Waals surface area contributed by atoms with Gasteiger partial charge in [-0.2, -0.15) is 0 Å². The summed E-state index contributed by atoms with van der Waals surface area (Å²) >= 11 is 7.99. The lowest BCUT2D eigenvalue weighted by molar-refractivity contribution is -0.124. The molecule has 0 saturated carbocycles. The van der Waals surface area contributed by atoms with Gasteiger partial charge in [0.2, 0.25) is 5.91 Å². The standard InChI is InChI=1S/C22H25ClN2O2S/c1-2-3-9-14-24-20(26)19-15-28-22(17-12-7-8-13-18(17)23)25(19)21(27)16-10-5-4-6-11-16/h4-8,10-13,19,22H,2-3,9,14-15H2,1H3,(H,24,26). The fourth-order valence-corrected chi connectivity index (χ4v) is 5.07. The molecule has 2 unspecified atom stereocenters. The summed E-state index contributed by atoms with van der Waals surface area (Å²) < 4.78 is 0. The summed E-state index contributed by atoms with van der Waals surface area (Å²) in [5, 5.41) is 3.33. The Kier molecular flexibility index (Phi) is 7.40. The Morgan fingerprint density at radius 1 is 1.11 bits per heavy atom. The maximum atomic E-state index is 13.3. The number of hydrogen-bond donors (Lipinski definition) is 1. The lowest BCUT2D eigenvalue weighted by Crippen LogP contribution is -2.48. The SMILES string of the molecule is CCCCCNC(=O)C1CSC(c2ccccc2Cl)N1C(=O)c1ccccc1. The van der Waals surface area contributed by atoms with Gasteiger partial charge in [0.1, 0.15) is 11.4 Å². The van der Waals surface area contributed by atoms with E-state index in [4.69, 9.17) is 11.6 Å². The first kappa shape index (κ1) is 20.7. The molecule has 1 heterocycles. The van der Waals surface area contributed by atoms with E-state index < -0.39 is 6.04 Å². The molecule has 2 amide bonds. The molecule has 0 bridgehead atoms. The van der Waals surface area contributed by atoms with Gasteiger partial charge in [0, 0.05) is 28.4 Å². The molecule has 1 fully saturated rings. The zero-order valence-electron chi connectivity index (χ0n) is 15.9. The molecule has 0 radical (unpaired) electrons. The highest BCUT2D eigenvalue weighted by atomic mass is 35.5. The van der Waals surface area contributed by atoms with Crippen LogP contribution in [0, 0.1) is 0 Å². The van der Waals surface area contributed by atoms with E-state index >= 15 is 0 Å². The van der Waals surface area contributed by atoms with Crippen LogP contribution in [0.25, 0.3) is 0 Å². The molecule has 1 N–H and O–H groups in total. The highest BCUT2D eigenvalue weighted by Gasteiger charge is 2.43. The number of carbonyl (C=O) groups is 2. The van der Waals surface area contributed by atoms with E-state index in [9.17, 15) is 9.59 Å². The summed E-state index contributed by atoms with van der Waals surface area (Å²) in [7, 11) is 0. The van der Waals surface area contributed by atoms with E-state index in [1.165, 1.54) is 0 Å². The van der Waals surface area contributed by atoms with Crippen molar-refractivity contribution >= 4 is 35.2 Å². The fourth-order valence-electron chi connectivity index (χ4n) is 3.31. The molecule has 1 aliphatic heterocycles. The Bertz CT molecular complexity index is 815. The molecular weight excluding hydrogens is 392 g/mol. The molecule has 1 saturated heterocycles. The first-order valence-electron chi connectivity index (χ1n) is 9.65. The van der Waals surface area contributed by atoms with Crippen molar-refractivity contribution in [2.75, 3.05) is 12.3 Å². The third-order valence-corrected chi connectivity index (χ3v) is 6.46. The molecule has 1 aliphatic rings. The van der Waals surface area contributed by atoms with Crippen LogP contribution in [-0.4, -0.2) is 35.1 Å². The van der Waals surface area contributed by atoms with Crippen LogP contribution in [0.5, 0.6) is 0 Å². The number of halogens is 1. The normalized spacial score (nSPS) is 18.9. The summed E-state index contributed by atoms with van der Waals surface area (Å²) in [4.78, 5) is 27.9. The second-order valence-electron chi connectivity index (χ2n) is 6.80. The molecule has 4 nitrogen and oxygen atoms in total. The molecule has 0 aliphatic carbocycles. The summed E-state index contributed by atoms with van der Waals surface area (Å²) in [5.41, 5.74) is 1.44. The number of thioether (sulfide) groups is 1. The zero-order chi connectivity index (χ0) is 19.9. The molecule has 2 aromatic carbocycles. The maximum absolute atomic E-state index is 13.3. The third kappa shape index (κ3) is 4.70. The van der Waals surface area contributed by atoms with Gasteiger partial charge in [0.15, 0.2) is 0 Å². The molecule has 6 heteroatoms. The van der Waals surface area contributed by atoms with E-state index in [1.54, 1.807) is 28.8 Å². The third-order valence-electron chi connectivity index (χ3n) is 4.81. The number of carbonyl (C=O) groups excluding carboxylic acids is 2. The molecule has 28 heavy (non-hydrogen) atoms. The molecule has 2 atom stereocenters. The van der Waals surface area contributed by atoms with E-state index in [1.807, 2.05) is 42.5 Å². The van der Waals surface area contributed by atoms with Crippen LogP contribution in [0.1, 0.15) is 47.5 Å². The number of unbranched alkanes of at least 4 members (excludes halogenated alkanes) is 2. The molecule has 3 rings (SSSR count). The monoisotopic (exact) mass is 416 g/mol.